The van der Waals surface area contributed by atoms with Gasteiger partial charge in [0.05, 0.1) is 0 Å². The monoisotopic (exact) mass is 222 g/mol. The fourth-order valence-electron chi connectivity index (χ4n) is 2.11. The molecular formula is C10H14N4O2. The first-order valence-electron chi connectivity index (χ1n) is 5.29. The van der Waals surface area contributed by atoms with Crippen molar-refractivity contribution in [3.05, 3.63) is 27.9 Å². The Hall–Kier alpha value is -1.69. The van der Waals surface area contributed by atoms with Crippen LogP contribution in [0, 0.1) is 10.1 Å². The molecule has 1 aliphatic heterocycles. The number of hydrogen-bond acceptors (Lipinski definition) is 5. The lowest BCUT2D eigenvalue weighted by Crippen LogP contribution is -2.27. The average Bonchev–Trinajstić information content (AvgIpc) is 2.30. The van der Waals surface area contributed by atoms with Gasteiger partial charge in [0.25, 0.3) is 0 Å². The highest BCUT2D eigenvalue weighted by molar-refractivity contribution is 5.60. The number of pyridine rings is 1. The Bertz CT molecular complexity index is 402. The van der Waals surface area contributed by atoms with Crippen LogP contribution in [0.3, 0.4) is 0 Å². The van der Waals surface area contributed by atoms with E-state index >= 15 is 0 Å². The van der Waals surface area contributed by atoms with E-state index in [0.29, 0.717) is 5.92 Å². The molecule has 0 aliphatic carbocycles. The van der Waals surface area contributed by atoms with Crippen LogP contribution < -0.4 is 11.1 Å². The van der Waals surface area contributed by atoms with Crippen LogP contribution in [0.5, 0.6) is 0 Å². The van der Waals surface area contributed by atoms with Gasteiger partial charge in [-0.05, 0) is 53.4 Å². The second-order valence-corrected chi connectivity index (χ2v) is 3.92. The van der Waals surface area contributed by atoms with Crippen LogP contribution in [0.2, 0.25) is 0 Å². The summed E-state index contributed by atoms with van der Waals surface area (Å²) in [5, 5.41) is 14.0. The maximum Gasteiger partial charge on any atom is 0.386 e. The molecule has 2 heterocycles. The first kappa shape index (κ1) is 10.8. The van der Waals surface area contributed by atoms with Gasteiger partial charge in [0.15, 0.2) is 0 Å². The molecule has 1 aliphatic rings. The zero-order chi connectivity index (χ0) is 11.5. The highest BCUT2D eigenvalue weighted by Gasteiger charge is 2.23. The van der Waals surface area contributed by atoms with Gasteiger partial charge in [0.1, 0.15) is 11.9 Å². The number of rotatable bonds is 2. The van der Waals surface area contributed by atoms with E-state index in [2.05, 4.69) is 10.3 Å². The van der Waals surface area contributed by atoms with Crippen LogP contribution in [-0.4, -0.2) is 23.0 Å². The molecule has 0 bridgehead atoms. The fraction of sp³-hybridized carbons (Fsp3) is 0.500. The number of nitrogen functional groups attached to an aromatic ring is 1. The maximum atomic E-state index is 10.7. The Morgan fingerprint density at radius 3 is 2.81 bits per heavy atom. The number of hydrogen-bond donors (Lipinski definition) is 2. The van der Waals surface area contributed by atoms with Crippen LogP contribution >= 0.6 is 0 Å². The van der Waals surface area contributed by atoms with E-state index in [-0.39, 0.29) is 11.5 Å². The van der Waals surface area contributed by atoms with Crippen molar-refractivity contribution in [3.8, 4) is 0 Å². The largest absolute Gasteiger partial charge is 0.392 e. The minimum absolute atomic E-state index is 0.222. The highest BCUT2D eigenvalue weighted by Crippen LogP contribution is 2.33. The van der Waals surface area contributed by atoms with E-state index in [1.165, 1.54) is 6.20 Å². The summed E-state index contributed by atoms with van der Waals surface area (Å²) >= 11 is 0. The number of nitro groups is 1. The van der Waals surface area contributed by atoms with Gasteiger partial charge >= 0.3 is 5.82 Å². The number of nitrogens with two attached hydrogens (primary N) is 1. The van der Waals surface area contributed by atoms with Crippen LogP contribution in [0.1, 0.15) is 24.3 Å². The summed E-state index contributed by atoms with van der Waals surface area (Å²) in [4.78, 5) is 13.9. The minimum atomic E-state index is -0.528. The standard InChI is InChI=1S/C10H14N4O2/c11-9-8(7-1-4-12-5-2-7)3-6-13-10(9)14(15)16/h3,6-7,12H,1-2,4-5,11H2. The van der Waals surface area contributed by atoms with Crippen LogP contribution in [0.25, 0.3) is 0 Å². The van der Waals surface area contributed by atoms with Crippen molar-refractivity contribution in [2.75, 3.05) is 18.8 Å². The molecule has 0 radical (unpaired) electrons. The van der Waals surface area contributed by atoms with Gasteiger partial charge in [-0.25, -0.2) is 0 Å². The predicted molar refractivity (Wildman–Crippen MR) is 60.1 cm³/mol. The molecule has 2 rings (SSSR count). The molecule has 1 aromatic rings. The molecule has 0 atom stereocenters. The summed E-state index contributed by atoms with van der Waals surface area (Å²) in [6.45, 7) is 1.86. The third kappa shape index (κ3) is 1.96. The summed E-state index contributed by atoms with van der Waals surface area (Å²) in [6.07, 6.45) is 3.39. The quantitative estimate of drug-likeness (QED) is 0.576. The van der Waals surface area contributed by atoms with Gasteiger partial charge in [-0.2, -0.15) is 0 Å². The lowest BCUT2D eigenvalue weighted by atomic mass is 9.90. The van der Waals surface area contributed by atoms with Gasteiger partial charge in [0, 0.05) is 0 Å². The summed E-state index contributed by atoms with van der Waals surface area (Å²) in [5.74, 6) is 0.0824. The second kappa shape index (κ2) is 4.44. The third-order valence-electron chi connectivity index (χ3n) is 2.95. The SMILES string of the molecule is Nc1c(C2CCNCC2)ccnc1[N+](=O)[O-]. The average molecular weight is 222 g/mol. The van der Waals surface area contributed by atoms with Gasteiger partial charge < -0.3 is 21.2 Å². The molecule has 1 fully saturated rings. The molecule has 0 unspecified atom stereocenters. The Morgan fingerprint density at radius 2 is 2.19 bits per heavy atom. The normalized spacial score (nSPS) is 17.2. The summed E-state index contributed by atoms with van der Waals surface area (Å²) < 4.78 is 0. The van der Waals surface area contributed by atoms with E-state index < -0.39 is 4.92 Å². The van der Waals surface area contributed by atoms with E-state index in [9.17, 15) is 10.1 Å². The summed E-state index contributed by atoms with van der Waals surface area (Å²) in [7, 11) is 0. The first-order valence-corrected chi connectivity index (χ1v) is 5.29. The van der Waals surface area contributed by atoms with E-state index in [4.69, 9.17) is 5.73 Å². The van der Waals surface area contributed by atoms with E-state index in [1.807, 2.05) is 0 Å². The first-order chi connectivity index (χ1) is 7.70. The lowest BCUT2D eigenvalue weighted by Gasteiger charge is -2.23. The van der Waals surface area contributed by atoms with E-state index in [1.54, 1.807) is 6.07 Å². The molecule has 0 aromatic carbocycles. The molecule has 86 valence electrons. The van der Waals surface area contributed by atoms with Gasteiger partial charge in [0.2, 0.25) is 0 Å². The molecule has 3 N–H and O–H groups in total. The molecule has 0 saturated carbocycles. The number of piperidine rings is 1. The fourth-order valence-corrected chi connectivity index (χ4v) is 2.11. The lowest BCUT2D eigenvalue weighted by molar-refractivity contribution is -0.388. The third-order valence-corrected chi connectivity index (χ3v) is 2.95. The molecule has 1 aromatic heterocycles. The number of nitrogens with zero attached hydrogens (tertiary/aromatic N) is 2. The Morgan fingerprint density at radius 1 is 1.50 bits per heavy atom. The molecule has 1 saturated heterocycles. The Balaban J connectivity index is 2.33. The Kier molecular flexibility index (Phi) is 3.00. The van der Waals surface area contributed by atoms with Gasteiger partial charge in [-0.1, -0.05) is 0 Å². The summed E-state index contributed by atoms with van der Waals surface area (Å²) in [5.41, 5.74) is 6.88. The molecule has 16 heavy (non-hydrogen) atoms. The van der Waals surface area contributed by atoms with Crippen molar-refractivity contribution in [2.24, 2.45) is 0 Å². The number of nitrogens with one attached hydrogen (secondary N) is 1. The van der Waals surface area contributed by atoms with Crippen LogP contribution in [0.4, 0.5) is 11.5 Å². The van der Waals surface area contributed by atoms with Crippen LogP contribution in [0.15, 0.2) is 12.3 Å². The maximum absolute atomic E-state index is 10.7. The van der Waals surface area contributed by atoms with Crippen molar-refractivity contribution in [3.63, 3.8) is 0 Å². The Labute approximate surface area is 93.0 Å². The molecule has 0 spiro atoms. The van der Waals surface area contributed by atoms with Crippen molar-refractivity contribution < 1.29 is 4.92 Å². The van der Waals surface area contributed by atoms with Crippen molar-refractivity contribution >= 4 is 11.5 Å². The smallest absolute Gasteiger partial charge is 0.386 e. The topological polar surface area (TPSA) is 94.1 Å². The number of anilines is 1. The van der Waals surface area contributed by atoms with Crippen LogP contribution in [-0.2, 0) is 0 Å². The zero-order valence-electron chi connectivity index (χ0n) is 8.85. The highest BCUT2D eigenvalue weighted by atomic mass is 16.6. The minimum Gasteiger partial charge on any atom is -0.392 e. The van der Waals surface area contributed by atoms with Crippen molar-refractivity contribution in [2.45, 2.75) is 18.8 Å². The zero-order valence-corrected chi connectivity index (χ0v) is 8.85. The van der Waals surface area contributed by atoms with Gasteiger partial charge in [-0.15, -0.1) is 0 Å². The molecule has 0 amide bonds. The second-order valence-electron chi connectivity index (χ2n) is 3.92. The molecule has 6 nitrogen and oxygen atoms in total. The number of aromatic nitrogens is 1. The molecular weight excluding hydrogens is 208 g/mol. The molecule has 6 heteroatoms. The van der Waals surface area contributed by atoms with Crippen molar-refractivity contribution in [1.29, 1.82) is 0 Å². The van der Waals surface area contributed by atoms with Crippen molar-refractivity contribution in [1.82, 2.24) is 10.3 Å². The van der Waals surface area contributed by atoms with Gasteiger partial charge in [-0.3, -0.25) is 0 Å². The predicted octanol–water partition coefficient (Wildman–Crippen LogP) is 1.04. The summed E-state index contributed by atoms with van der Waals surface area (Å²) in [6, 6.07) is 1.79. The van der Waals surface area contributed by atoms with E-state index in [0.717, 1.165) is 31.5 Å².